The first kappa shape index (κ1) is 10.6. The standard InChI is InChI=1S/C10H12BrN3OS/c11-9-2-1-8(16-9)7-5-14(10(15)13-7)6-3-12-4-6/h1-2,6-7,12H,3-5H2,(H,13,15). The van der Waals surface area contributed by atoms with Crippen molar-refractivity contribution in [3.05, 3.63) is 20.8 Å². The fourth-order valence-corrected chi connectivity index (χ4v) is 3.51. The van der Waals surface area contributed by atoms with Crippen LogP contribution in [0.4, 0.5) is 4.79 Å². The highest BCUT2D eigenvalue weighted by atomic mass is 79.9. The second-order valence-corrected chi connectivity index (χ2v) is 6.60. The predicted molar refractivity (Wildman–Crippen MR) is 66.7 cm³/mol. The molecule has 2 saturated heterocycles. The van der Waals surface area contributed by atoms with Gasteiger partial charge in [0, 0.05) is 24.5 Å². The van der Waals surface area contributed by atoms with Crippen molar-refractivity contribution in [3.63, 3.8) is 0 Å². The van der Waals surface area contributed by atoms with Crippen molar-refractivity contribution < 1.29 is 4.79 Å². The van der Waals surface area contributed by atoms with Crippen LogP contribution in [0.3, 0.4) is 0 Å². The van der Waals surface area contributed by atoms with Gasteiger partial charge in [-0.25, -0.2) is 4.79 Å². The summed E-state index contributed by atoms with van der Waals surface area (Å²) < 4.78 is 1.11. The molecule has 3 rings (SSSR count). The van der Waals surface area contributed by atoms with Gasteiger partial charge < -0.3 is 15.5 Å². The van der Waals surface area contributed by atoms with E-state index in [1.54, 1.807) is 11.3 Å². The van der Waals surface area contributed by atoms with E-state index in [-0.39, 0.29) is 12.1 Å². The normalized spacial score (nSPS) is 25.7. The average molecular weight is 302 g/mol. The molecule has 0 saturated carbocycles. The maximum absolute atomic E-state index is 11.8. The van der Waals surface area contributed by atoms with Crippen LogP contribution in [0, 0.1) is 0 Å². The molecule has 1 aromatic heterocycles. The van der Waals surface area contributed by atoms with Gasteiger partial charge in [0.2, 0.25) is 0 Å². The topological polar surface area (TPSA) is 44.4 Å². The lowest BCUT2D eigenvalue weighted by Crippen LogP contribution is -2.57. The third-order valence-electron chi connectivity index (χ3n) is 3.08. The summed E-state index contributed by atoms with van der Waals surface area (Å²) in [6.07, 6.45) is 0. The molecule has 0 bridgehead atoms. The molecular weight excluding hydrogens is 290 g/mol. The molecule has 0 aromatic carbocycles. The summed E-state index contributed by atoms with van der Waals surface area (Å²) in [5, 5.41) is 6.22. The van der Waals surface area contributed by atoms with E-state index in [9.17, 15) is 4.79 Å². The highest BCUT2D eigenvalue weighted by Crippen LogP contribution is 2.30. The zero-order chi connectivity index (χ0) is 11.1. The lowest BCUT2D eigenvalue weighted by Gasteiger charge is -2.34. The number of urea groups is 1. The van der Waals surface area contributed by atoms with Crippen LogP contribution < -0.4 is 10.6 Å². The van der Waals surface area contributed by atoms with Crippen LogP contribution in [0.2, 0.25) is 0 Å². The molecule has 16 heavy (non-hydrogen) atoms. The fourth-order valence-electron chi connectivity index (χ4n) is 2.04. The van der Waals surface area contributed by atoms with Crippen molar-refractivity contribution in [1.82, 2.24) is 15.5 Å². The molecule has 2 N–H and O–H groups in total. The molecule has 1 aromatic rings. The van der Waals surface area contributed by atoms with Gasteiger partial charge in [-0.15, -0.1) is 11.3 Å². The lowest BCUT2D eigenvalue weighted by molar-refractivity contribution is 0.172. The average Bonchev–Trinajstić information content (AvgIpc) is 2.72. The van der Waals surface area contributed by atoms with E-state index in [1.807, 2.05) is 11.0 Å². The first-order valence-corrected chi connectivity index (χ1v) is 6.88. The van der Waals surface area contributed by atoms with Crippen LogP contribution in [0.25, 0.3) is 0 Å². The zero-order valence-electron chi connectivity index (χ0n) is 8.57. The second-order valence-electron chi connectivity index (χ2n) is 4.11. The molecule has 1 atom stereocenters. The first-order valence-electron chi connectivity index (χ1n) is 5.27. The molecule has 6 heteroatoms. The Labute approximate surface area is 106 Å². The third kappa shape index (κ3) is 1.74. The Kier molecular flexibility index (Phi) is 2.65. The van der Waals surface area contributed by atoms with Crippen molar-refractivity contribution in [3.8, 4) is 0 Å². The van der Waals surface area contributed by atoms with E-state index >= 15 is 0 Å². The summed E-state index contributed by atoms with van der Waals surface area (Å²) in [7, 11) is 0. The van der Waals surface area contributed by atoms with E-state index in [2.05, 4.69) is 32.6 Å². The molecule has 2 amide bonds. The van der Waals surface area contributed by atoms with Crippen LogP contribution in [0.15, 0.2) is 15.9 Å². The quantitative estimate of drug-likeness (QED) is 0.870. The number of hydrogen-bond donors (Lipinski definition) is 2. The lowest BCUT2D eigenvalue weighted by atomic mass is 10.1. The Hall–Kier alpha value is -0.590. The Bertz CT molecular complexity index is 418. The highest BCUT2D eigenvalue weighted by Gasteiger charge is 2.37. The van der Waals surface area contributed by atoms with E-state index < -0.39 is 0 Å². The summed E-state index contributed by atoms with van der Waals surface area (Å²) >= 11 is 5.13. The summed E-state index contributed by atoms with van der Waals surface area (Å²) in [6, 6.07) is 4.71. The van der Waals surface area contributed by atoms with Crippen molar-refractivity contribution in [2.75, 3.05) is 19.6 Å². The maximum Gasteiger partial charge on any atom is 0.318 e. The van der Waals surface area contributed by atoms with E-state index in [4.69, 9.17) is 0 Å². The summed E-state index contributed by atoms with van der Waals surface area (Å²) in [5.41, 5.74) is 0. The predicted octanol–water partition coefficient (Wildman–Crippen LogP) is 1.55. The summed E-state index contributed by atoms with van der Waals surface area (Å²) in [6.45, 7) is 2.64. The van der Waals surface area contributed by atoms with Gasteiger partial charge in [-0.1, -0.05) is 0 Å². The van der Waals surface area contributed by atoms with Gasteiger partial charge in [0.15, 0.2) is 0 Å². The molecule has 0 spiro atoms. The minimum atomic E-state index is 0.0704. The van der Waals surface area contributed by atoms with Gasteiger partial charge in [0.25, 0.3) is 0 Å². The Morgan fingerprint density at radius 1 is 1.44 bits per heavy atom. The Balaban J connectivity index is 1.73. The van der Waals surface area contributed by atoms with E-state index in [1.165, 1.54) is 4.88 Å². The minimum absolute atomic E-state index is 0.0704. The van der Waals surface area contributed by atoms with Crippen LogP contribution in [-0.2, 0) is 0 Å². The third-order valence-corrected chi connectivity index (χ3v) is 4.81. The molecule has 2 aliphatic heterocycles. The maximum atomic E-state index is 11.8. The zero-order valence-corrected chi connectivity index (χ0v) is 11.0. The van der Waals surface area contributed by atoms with Gasteiger partial charge >= 0.3 is 6.03 Å². The van der Waals surface area contributed by atoms with Gasteiger partial charge in [-0.2, -0.15) is 0 Å². The number of nitrogens with one attached hydrogen (secondary N) is 2. The smallest absolute Gasteiger partial charge is 0.318 e. The van der Waals surface area contributed by atoms with Crippen molar-refractivity contribution >= 4 is 33.3 Å². The van der Waals surface area contributed by atoms with Crippen LogP contribution in [0.5, 0.6) is 0 Å². The number of halogens is 1. The number of nitrogens with zero attached hydrogens (tertiary/aromatic N) is 1. The molecule has 86 valence electrons. The largest absolute Gasteiger partial charge is 0.329 e. The second kappa shape index (κ2) is 4.01. The monoisotopic (exact) mass is 301 g/mol. The number of carbonyl (C=O) groups excluding carboxylic acids is 1. The number of hydrogen-bond acceptors (Lipinski definition) is 3. The molecule has 4 nitrogen and oxygen atoms in total. The van der Waals surface area contributed by atoms with Gasteiger partial charge in [-0.3, -0.25) is 0 Å². The van der Waals surface area contributed by atoms with E-state index in [0.717, 1.165) is 23.4 Å². The number of carbonyl (C=O) groups is 1. The molecule has 0 radical (unpaired) electrons. The number of rotatable bonds is 2. The Morgan fingerprint density at radius 3 is 2.81 bits per heavy atom. The fraction of sp³-hybridized carbons (Fsp3) is 0.500. The van der Waals surface area contributed by atoms with Crippen LogP contribution >= 0.6 is 27.3 Å². The molecule has 2 aliphatic rings. The first-order chi connectivity index (χ1) is 7.74. The highest BCUT2D eigenvalue weighted by molar-refractivity contribution is 9.11. The molecule has 2 fully saturated rings. The SMILES string of the molecule is O=C1NC(c2ccc(Br)s2)CN1C1CNC1. The van der Waals surface area contributed by atoms with Gasteiger partial charge in [-0.05, 0) is 28.1 Å². The minimum Gasteiger partial charge on any atom is -0.329 e. The summed E-state index contributed by atoms with van der Waals surface area (Å²) in [5.74, 6) is 0. The molecule has 1 unspecified atom stereocenters. The van der Waals surface area contributed by atoms with E-state index in [0.29, 0.717) is 6.04 Å². The molecule has 3 heterocycles. The van der Waals surface area contributed by atoms with Crippen molar-refractivity contribution in [2.45, 2.75) is 12.1 Å². The van der Waals surface area contributed by atoms with Gasteiger partial charge in [0.05, 0.1) is 15.9 Å². The Morgan fingerprint density at radius 2 is 2.25 bits per heavy atom. The number of thiophene rings is 1. The van der Waals surface area contributed by atoms with Crippen LogP contribution in [-0.4, -0.2) is 36.6 Å². The molecular formula is C10H12BrN3OS. The summed E-state index contributed by atoms with van der Waals surface area (Å²) in [4.78, 5) is 14.9. The molecule has 0 aliphatic carbocycles. The van der Waals surface area contributed by atoms with Crippen LogP contribution in [0.1, 0.15) is 10.9 Å². The van der Waals surface area contributed by atoms with Crippen molar-refractivity contribution in [1.29, 1.82) is 0 Å². The van der Waals surface area contributed by atoms with Crippen molar-refractivity contribution in [2.24, 2.45) is 0 Å². The number of amides is 2. The van der Waals surface area contributed by atoms with Gasteiger partial charge in [0.1, 0.15) is 0 Å².